The van der Waals surface area contributed by atoms with Crippen molar-refractivity contribution in [3.8, 4) is 5.75 Å². The summed E-state index contributed by atoms with van der Waals surface area (Å²) in [6.45, 7) is 3.81. The van der Waals surface area contributed by atoms with E-state index in [0.29, 0.717) is 12.4 Å². The van der Waals surface area contributed by atoms with Gasteiger partial charge in [0.15, 0.2) is 0 Å². The van der Waals surface area contributed by atoms with E-state index in [4.69, 9.17) is 9.84 Å². The second kappa shape index (κ2) is 6.39. The molecule has 0 spiro atoms. The molecule has 0 saturated heterocycles. The largest absolute Gasteiger partial charge is 0.489 e. The Balaban J connectivity index is 2.04. The maximum Gasteiger partial charge on any atom is 0.310 e. The van der Waals surface area contributed by atoms with Crippen molar-refractivity contribution < 1.29 is 19.0 Å². The number of carboxylic acid groups (broad SMARTS) is 1. The Bertz CT molecular complexity index is 635. The lowest BCUT2D eigenvalue weighted by Crippen LogP contribution is -2.07. The average molecular weight is 288 g/mol. The summed E-state index contributed by atoms with van der Waals surface area (Å²) in [7, 11) is 0. The number of halogens is 1. The van der Waals surface area contributed by atoms with Gasteiger partial charge in [-0.05, 0) is 36.6 Å². The molecule has 4 heteroatoms. The second-order valence-electron chi connectivity index (χ2n) is 5.00. The number of carboxylic acids is 1. The van der Waals surface area contributed by atoms with Gasteiger partial charge in [-0.1, -0.05) is 30.3 Å². The first-order chi connectivity index (χ1) is 9.97. The van der Waals surface area contributed by atoms with E-state index < -0.39 is 11.9 Å². The molecule has 0 saturated carbocycles. The molecule has 0 radical (unpaired) electrons. The first kappa shape index (κ1) is 15.0. The first-order valence-corrected chi connectivity index (χ1v) is 6.68. The first-order valence-electron chi connectivity index (χ1n) is 6.68. The molecule has 0 fully saturated rings. The highest BCUT2D eigenvalue weighted by Crippen LogP contribution is 2.21. The summed E-state index contributed by atoms with van der Waals surface area (Å²) in [4.78, 5) is 10.9. The van der Waals surface area contributed by atoms with Crippen LogP contribution >= 0.6 is 0 Å². The van der Waals surface area contributed by atoms with Gasteiger partial charge < -0.3 is 9.84 Å². The van der Waals surface area contributed by atoms with Crippen molar-refractivity contribution in [2.45, 2.75) is 26.4 Å². The number of aryl methyl sites for hydroxylation is 1. The summed E-state index contributed by atoms with van der Waals surface area (Å²) in [6.07, 6.45) is 0. The quantitative estimate of drug-likeness (QED) is 0.907. The third-order valence-electron chi connectivity index (χ3n) is 3.39. The highest BCUT2D eigenvalue weighted by atomic mass is 19.1. The van der Waals surface area contributed by atoms with Crippen LogP contribution in [0.1, 0.15) is 29.5 Å². The van der Waals surface area contributed by atoms with Gasteiger partial charge in [-0.15, -0.1) is 0 Å². The van der Waals surface area contributed by atoms with E-state index in [9.17, 15) is 9.18 Å². The molecule has 0 amide bonds. The zero-order chi connectivity index (χ0) is 15.4. The van der Waals surface area contributed by atoms with Crippen LogP contribution in [0.2, 0.25) is 0 Å². The number of ether oxygens (including phenoxy) is 1. The van der Waals surface area contributed by atoms with Crippen LogP contribution in [-0.2, 0) is 11.4 Å². The molecule has 0 aromatic heterocycles. The molecule has 0 aliphatic heterocycles. The zero-order valence-electron chi connectivity index (χ0n) is 12.0. The highest BCUT2D eigenvalue weighted by Gasteiger charge is 2.13. The van der Waals surface area contributed by atoms with Crippen molar-refractivity contribution in [1.29, 1.82) is 0 Å². The number of benzene rings is 2. The van der Waals surface area contributed by atoms with Gasteiger partial charge in [0.1, 0.15) is 18.2 Å². The Hall–Kier alpha value is -2.36. The molecule has 2 aromatic carbocycles. The third-order valence-corrected chi connectivity index (χ3v) is 3.39. The number of aliphatic carboxylic acids is 1. The fourth-order valence-electron chi connectivity index (χ4n) is 1.94. The molecule has 1 atom stereocenters. The highest BCUT2D eigenvalue weighted by molar-refractivity contribution is 5.75. The third kappa shape index (κ3) is 3.81. The van der Waals surface area contributed by atoms with Crippen LogP contribution in [-0.4, -0.2) is 11.1 Å². The monoisotopic (exact) mass is 288 g/mol. The summed E-state index contributed by atoms with van der Waals surface area (Å²) >= 11 is 0. The van der Waals surface area contributed by atoms with Crippen molar-refractivity contribution in [3.63, 3.8) is 0 Å². The molecule has 21 heavy (non-hydrogen) atoms. The van der Waals surface area contributed by atoms with E-state index in [0.717, 1.165) is 16.7 Å². The molecule has 3 nitrogen and oxygen atoms in total. The Labute approximate surface area is 123 Å². The summed E-state index contributed by atoms with van der Waals surface area (Å²) < 4.78 is 18.7. The van der Waals surface area contributed by atoms with Gasteiger partial charge in [0.25, 0.3) is 0 Å². The lowest BCUT2D eigenvalue weighted by molar-refractivity contribution is -0.138. The van der Waals surface area contributed by atoms with Gasteiger partial charge in [-0.3, -0.25) is 4.79 Å². The van der Waals surface area contributed by atoms with Crippen LogP contribution in [0.3, 0.4) is 0 Å². The Morgan fingerprint density at radius 3 is 2.52 bits per heavy atom. The Morgan fingerprint density at radius 1 is 1.24 bits per heavy atom. The molecule has 2 rings (SSSR count). The van der Waals surface area contributed by atoms with Crippen molar-refractivity contribution >= 4 is 5.97 Å². The summed E-state index contributed by atoms with van der Waals surface area (Å²) in [5, 5.41) is 8.95. The van der Waals surface area contributed by atoms with Crippen LogP contribution in [0.15, 0.2) is 42.5 Å². The minimum Gasteiger partial charge on any atom is -0.489 e. The Kier molecular flexibility index (Phi) is 4.58. The van der Waals surface area contributed by atoms with Gasteiger partial charge in [-0.25, -0.2) is 4.39 Å². The van der Waals surface area contributed by atoms with E-state index in [1.807, 2.05) is 19.1 Å². The maximum absolute atomic E-state index is 13.2. The van der Waals surface area contributed by atoms with Crippen LogP contribution in [0.25, 0.3) is 0 Å². The predicted molar refractivity (Wildman–Crippen MR) is 78.0 cm³/mol. The number of hydrogen-bond donors (Lipinski definition) is 1. The minimum absolute atomic E-state index is 0.312. The molecule has 0 aliphatic carbocycles. The summed E-state index contributed by atoms with van der Waals surface area (Å²) in [5.41, 5.74) is 2.51. The van der Waals surface area contributed by atoms with Crippen molar-refractivity contribution in [2.75, 3.05) is 0 Å². The molecule has 1 N–H and O–H groups in total. The molecule has 0 heterocycles. The molecule has 0 bridgehead atoms. The smallest absolute Gasteiger partial charge is 0.310 e. The van der Waals surface area contributed by atoms with Crippen LogP contribution < -0.4 is 4.74 Å². The van der Waals surface area contributed by atoms with E-state index in [2.05, 4.69) is 0 Å². The fourth-order valence-corrected chi connectivity index (χ4v) is 1.94. The number of carbonyl (C=O) groups is 1. The average Bonchev–Trinajstić information content (AvgIpc) is 2.48. The topological polar surface area (TPSA) is 46.5 Å². The zero-order valence-corrected chi connectivity index (χ0v) is 12.0. The minimum atomic E-state index is -0.852. The van der Waals surface area contributed by atoms with E-state index in [-0.39, 0.29) is 5.82 Å². The lowest BCUT2D eigenvalue weighted by Gasteiger charge is -2.11. The fraction of sp³-hybridized carbons (Fsp3) is 0.235. The normalized spacial score (nSPS) is 12.0. The number of rotatable bonds is 5. The van der Waals surface area contributed by atoms with Crippen LogP contribution in [0, 0.1) is 12.7 Å². The predicted octanol–water partition coefficient (Wildman–Crippen LogP) is 3.90. The lowest BCUT2D eigenvalue weighted by atomic mass is 10.0. The van der Waals surface area contributed by atoms with E-state index in [1.54, 1.807) is 25.1 Å². The maximum atomic E-state index is 13.2. The molecular weight excluding hydrogens is 271 g/mol. The molecule has 1 unspecified atom stereocenters. The van der Waals surface area contributed by atoms with Gasteiger partial charge in [-0.2, -0.15) is 0 Å². The van der Waals surface area contributed by atoms with Crippen molar-refractivity contribution in [3.05, 3.63) is 65.0 Å². The summed E-state index contributed by atoms with van der Waals surface area (Å²) in [6, 6.07) is 11.6. The van der Waals surface area contributed by atoms with Crippen molar-refractivity contribution in [2.24, 2.45) is 0 Å². The van der Waals surface area contributed by atoms with E-state index in [1.165, 1.54) is 12.1 Å². The molecule has 0 aliphatic rings. The van der Waals surface area contributed by atoms with Gasteiger partial charge >= 0.3 is 5.97 Å². The van der Waals surface area contributed by atoms with Gasteiger partial charge in [0.2, 0.25) is 0 Å². The standard InChI is InChI=1S/C17H17FO3/c1-11-3-8-15(18)9-16(11)21-10-13-4-6-14(7-5-13)12(2)17(19)20/h3-9,12H,10H2,1-2H3,(H,19,20). The summed E-state index contributed by atoms with van der Waals surface area (Å²) in [5.74, 6) is -1.21. The molecule has 110 valence electrons. The van der Waals surface area contributed by atoms with Crippen molar-refractivity contribution in [1.82, 2.24) is 0 Å². The van der Waals surface area contributed by atoms with Crippen LogP contribution in [0.5, 0.6) is 5.75 Å². The Morgan fingerprint density at radius 2 is 1.90 bits per heavy atom. The second-order valence-corrected chi connectivity index (χ2v) is 5.00. The van der Waals surface area contributed by atoms with E-state index >= 15 is 0 Å². The molecule has 2 aromatic rings. The van der Waals surface area contributed by atoms with Crippen LogP contribution in [0.4, 0.5) is 4.39 Å². The van der Waals surface area contributed by atoms with Gasteiger partial charge in [0.05, 0.1) is 5.92 Å². The van der Waals surface area contributed by atoms with Gasteiger partial charge in [0, 0.05) is 6.07 Å². The SMILES string of the molecule is Cc1ccc(F)cc1OCc1ccc(C(C)C(=O)O)cc1. The number of hydrogen-bond acceptors (Lipinski definition) is 2. The molecular formula is C17H17FO3.